The summed E-state index contributed by atoms with van der Waals surface area (Å²) in [5, 5.41) is 8.66. The van der Waals surface area contributed by atoms with E-state index in [0.717, 1.165) is 16.6 Å². The normalized spacial score (nSPS) is 13.2. The molecule has 0 saturated heterocycles. The van der Waals surface area contributed by atoms with Crippen molar-refractivity contribution in [1.82, 2.24) is 0 Å². The van der Waals surface area contributed by atoms with Gasteiger partial charge in [0.1, 0.15) is 0 Å². The van der Waals surface area contributed by atoms with Gasteiger partial charge in [-0.25, -0.2) is 0 Å². The molecule has 0 spiro atoms. The van der Waals surface area contributed by atoms with Gasteiger partial charge in [0.25, 0.3) is 0 Å². The smallest absolute Gasteiger partial charge is 0.0731 e. The molecule has 3 N–H and O–H groups in total. The van der Waals surface area contributed by atoms with Gasteiger partial charge in [0.2, 0.25) is 0 Å². The minimum atomic E-state index is 0.0714. The van der Waals surface area contributed by atoms with Crippen LogP contribution in [0.2, 0.25) is 0 Å². The van der Waals surface area contributed by atoms with Crippen molar-refractivity contribution in [2.75, 3.05) is 6.61 Å². The summed E-state index contributed by atoms with van der Waals surface area (Å²) in [5.74, 6) is 0. The maximum absolute atomic E-state index is 8.66. The highest BCUT2D eigenvalue weighted by Gasteiger charge is 2.10. The fraction of sp³-hybridized carbons (Fsp3) is 0.556. The second-order valence-corrected chi connectivity index (χ2v) is 5.48. The lowest BCUT2D eigenvalue weighted by molar-refractivity contribution is 0.280. The zero-order chi connectivity index (χ0) is 9.84. The van der Waals surface area contributed by atoms with E-state index >= 15 is 0 Å². The molecule has 0 amide bonds. The summed E-state index contributed by atoms with van der Waals surface area (Å²) in [5.41, 5.74) is 7.18. The molecule has 1 aromatic heterocycles. The van der Waals surface area contributed by atoms with Crippen molar-refractivity contribution >= 4 is 27.3 Å². The molecule has 1 atom stereocenters. The van der Waals surface area contributed by atoms with E-state index in [4.69, 9.17) is 10.8 Å². The predicted molar refractivity (Wildman–Crippen MR) is 60.0 cm³/mol. The van der Waals surface area contributed by atoms with E-state index in [9.17, 15) is 0 Å². The van der Waals surface area contributed by atoms with Crippen LogP contribution in [0, 0.1) is 6.92 Å². The molecule has 0 fully saturated rings. The Hall–Kier alpha value is 0.100. The van der Waals surface area contributed by atoms with Crippen molar-refractivity contribution in [3.8, 4) is 0 Å². The first-order chi connectivity index (χ1) is 6.15. The molecule has 0 unspecified atom stereocenters. The zero-order valence-corrected chi connectivity index (χ0v) is 9.99. The van der Waals surface area contributed by atoms with Crippen LogP contribution in [0.25, 0.3) is 0 Å². The Kier molecular flexibility index (Phi) is 4.38. The lowest BCUT2D eigenvalue weighted by Crippen LogP contribution is -2.08. The highest BCUT2D eigenvalue weighted by atomic mass is 79.9. The van der Waals surface area contributed by atoms with Gasteiger partial charge in [-0.1, -0.05) is 0 Å². The lowest BCUT2D eigenvalue weighted by Gasteiger charge is -2.06. The number of aliphatic hydroxyl groups is 1. The van der Waals surface area contributed by atoms with Crippen LogP contribution in [-0.4, -0.2) is 11.7 Å². The largest absolute Gasteiger partial charge is 0.396 e. The number of halogens is 1. The highest BCUT2D eigenvalue weighted by Crippen LogP contribution is 2.31. The number of nitrogens with two attached hydrogens (primary N) is 1. The Morgan fingerprint density at radius 1 is 1.69 bits per heavy atom. The van der Waals surface area contributed by atoms with Crippen molar-refractivity contribution in [3.63, 3.8) is 0 Å². The fourth-order valence-corrected chi connectivity index (χ4v) is 2.73. The molecule has 2 nitrogen and oxygen atoms in total. The van der Waals surface area contributed by atoms with Crippen molar-refractivity contribution in [2.45, 2.75) is 25.8 Å². The van der Waals surface area contributed by atoms with Gasteiger partial charge in [0, 0.05) is 17.5 Å². The van der Waals surface area contributed by atoms with Crippen LogP contribution < -0.4 is 5.73 Å². The summed E-state index contributed by atoms with van der Waals surface area (Å²) < 4.78 is 1.15. The average Bonchev–Trinajstić information content (AvgIpc) is 2.43. The minimum Gasteiger partial charge on any atom is -0.396 e. The fourth-order valence-electron chi connectivity index (χ4n) is 1.12. The summed E-state index contributed by atoms with van der Waals surface area (Å²) in [6.07, 6.45) is 1.62. The first kappa shape index (κ1) is 11.2. The maximum atomic E-state index is 8.66. The van der Waals surface area contributed by atoms with Gasteiger partial charge in [0.15, 0.2) is 0 Å². The topological polar surface area (TPSA) is 46.2 Å². The number of thiophene rings is 1. The second-order valence-electron chi connectivity index (χ2n) is 3.08. The quantitative estimate of drug-likeness (QED) is 0.878. The molecule has 1 rings (SSSR count). The Bertz CT molecular complexity index is 255. The van der Waals surface area contributed by atoms with Crippen molar-refractivity contribution in [2.24, 2.45) is 5.73 Å². The summed E-state index contributed by atoms with van der Waals surface area (Å²) in [7, 11) is 0. The molecule has 0 aromatic carbocycles. The lowest BCUT2D eigenvalue weighted by atomic mass is 10.1. The molecular formula is C9H14BrNOS. The molecule has 74 valence electrons. The van der Waals surface area contributed by atoms with Gasteiger partial charge in [-0.2, -0.15) is 0 Å². The third-order valence-electron chi connectivity index (χ3n) is 1.91. The standard InChI is InChI=1S/C9H14BrNOS/c1-6-5-8(13-9(6)10)7(11)3-2-4-12/h5,7,12H,2-4,11H2,1H3/t7-/m1/s1. The van der Waals surface area contributed by atoms with Gasteiger partial charge in [-0.3, -0.25) is 0 Å². The monoisotopic (exact) mass is 263 g/mol. The molecular weight excluding hydrogens is 250 g/mol. The Balaban J connectivity index is 2.60. The Morgan fingerprint density at radius 3 is 2.85 bits per heavy atom. The molecule has 0 aliphatic rings. The summed E-state index contributed by atoms with van der Waals surface area (Å²) in [6, 6.07) is 2.18. The maximum Gasteiger partial charge on any atom is 0.0731 e. The SMILES string of the molecule is Cc1cc([C@H](N)CCCO)sc1Br. The number of hydrogen-bond acceptors (Lipinski definition) is 3. The van der Waals surface area contributed by atoms with E-state index < -0.39 is 0 Å². The van der Waals surface area contributed by atoms with E-state index in [2.05, 4.69) is 28.9 Å². The molecule has 13 heavy (non-hydrogen) atoms. The van der Waals surface area contributed by atoms with E-state index in [1.165, 1.54) is 10.4 Å². The van der Waals surface area contributed by atoms with Gasteiger partial charge >= 0.3 is 0 Å². The first-order valence-electron chi connectivity index (χ1n) is 4.27. The van der Waals surface area contributed by atoms with Crippen LogP contribution in [0.15, 0.2) is 9.85 Å². The van der Waals surface area contributed by atoms with E-state index in [1.807, 2.05) is 0 Å². The summed E-state index contributed by atoms with van der Waals surface area (Å²) >= 11 is 5.15. The molecule has 0 radical (unpaired) electrons. The number of aryl methyl sites for hydroxylation is 1. The molecule has 0 bridgehead atoms. The van der Waals surface area contributed by atoms with Crippen LogP contribution in [0.4, 0.5) is 0 Å². The molecule has 0 aliphatic heterocycles. The van der Waals surface area contributed by atoms with Gasteiger partial charge in [0.05, 0.1) is 3.79 Å². The van der Waals surface area contributed by atoms with Crippen LogP contribution in [0.3, 0.4) is 0 Å². The summed E-state index contributed by atoms with van der Waals surface area (Å²) in [6.45, 7) is 2.28. The highest BCUT2D eigenvalue weighted by molar-refractivity contribution is 9.11. The van der Waals surface area contributed by atoms with Gasteiger partial charge < -0.3 is 10.8 Å². The average molecular weight is 264 g/mol. The second kappa shape index (κ2) is 5.10. The van der Waals surface area contributed by atoms with Crippen molar-refractivity contribution in [1.29, 1.82) is 0 Å². The number of rotatable bonds is 4. The van der Waals surface area contributed by atoms with Crippen LogP contribution in [0.5, 0.6) is 0 Å². The molecule has 1 heterocycles. The first-order valence-corrected chi connectivity index (χ1v) is 5.88. The van der Waals surface area contributed by atoms with E-state index in [0.29, 0.717) is 0 Å². The third kappa shape index (κ3) is 3.06. The number of aliphatic hydroxyl groups excluding tert-OH is 1. The Morgan fingerprint density at radius 2 is 2.38 bits per heavy atom. The third-order valence-corrected chi connectivity index (χ3v) is 4.18. The summed E-state index contributed by atoms with van der Waals surface area (Å²) in [4.78, 5) is 1.19. The Labute approximate surface area is 90.9 Å². The molecule has 1 aromatic rings. The van der Waals surface area contributed by atoms with Gasteiger partial charge in [-0.05, 0) is 47.3 Å². The number of hydrogen-bond donors (Lipinski definition) is 2. The molecule has 4 heteroatoms. The van der Waals surface area contributed by atoms with Crippen LogP contribution in [-0.2, 0) is 0 Å². The van der Waals surface area contributed by atoms with Crippen LogP contribution in [0.1, 0.15) is 29.3 Å². The predicted octanol–water partition coefficient (Wildman–Crippen LogP) is 2.59. The molecule has 0 saturated carbocycles. The minimum absolute atomic E-state index is 0.0714. The van der Waals surface area contributed by atoms with Crippen molar-refractivity contribution < 1.29 is 5.11 Å². The van der Waals surface area contributed by atoms with Crippen molar-refractivity contribution in [3.05, 3.63) is 20.3 Å². The van der Waals surface area contributed by atoms with E-state index in [-0.39, 0.29) is 12.6 Å². The zero-order valence-electron chi connectivity index (χ0n) is 7.59. The van der Waals surface area contributed by atoms with Crippen LogP contribution >= 0.6 is 27.3 Å². The molecule has 0 aliphatic carbocycles. The van der Waals surface area contributed by atoms with E-state index in [1.54, 1.807) is 11.3 Å². The van der Waals surface area contributed by atoms with Gasteiger partial charge in [-0.15, -0.1) is 11.3 Å².